The summed E-state index contributed by atoms with van der Waals surface area (Å²) in [5.41, 5.74) is 0. The standard InChI is InChI=1S/C11H23NO/c1-3-11(4-2)12-7-8-13-9-10-5-6-10/h10-12H,3-9H2,1-2H3. The van der Waals surface area contributed by atoms with Crippen LogP contribution in [0.3, 0.4) is 0 Å². The molecule has 0 aromatic heterocycles. The van der Waals surface area contributed by atoms with Crippen molar-refractivity contribution >= 4 is 0 Å². The van der Waals surface area contributed by atoms with Gasteiger partial charge in [0.2, 0.25) is 0 Å². The molecule has 1 rings (SSSR count). The number of ether oxygens (including phenoxy) is 1. The fourth-order valence-electron chi connectivity index (χ4n) is 1.45. The first-order chi connectivity index (χ1) is 6.36. The number of hydrogen-bond donors (Lipinski definition) is 1. The minimum Gasteiger partial charge on any atom is -0.380 e. The molecular formula is C11H23NO. The summed E-state index contributed by atoms with van der Waals surface area (Å²) in [6.07, 6.45) is 5.22. The fraction of sp³-hybridized carbons (Fsp3) is 1.00. The molecule has 0 amide bonds. The number of nitrogens with one attached hydrogen (secondary N) is 1. The van der Waals surface area contributed by atoms with Gasteiger partial charge in [-0.1, -0.05) is 13.8 Å². The third-order valence-corrected chi connectivity index (χ3v) is 2.72. The van der Waals surface area contributed by atoms with Crippen molar-refractivity contribution in [3.8, 4) is 0 Å². The van der Waals surface area contributed by atoms with Gasteiger partial charge in [-0.15, -0.1) is 0 Å². The molecule has 1 aliphatic rings. The molecule has 0 bridgehead atoms. The van der Waals surface area contributed by atoms with Crippen LogP contribution in [0.15, 0.2) is 0 Å². The summed E-state index contributed by atoms with van der Waals surface area (Å²) in [5, 5.41) is 3.49. The van der Waals surface area contributed by atoms with Crippen LogP contribution in [0.25, 0.3) is 0 Å². The van der Waals surface area contributed by atoms with E-state index in [1.165, 1.54) is 25.7 Å². The average Bonchev–Trinajstić information content (AvgIpc) is 2.95. The largest absolute Gasteiger partial charge is 0.380 e. The predicted octanol–water partition coefficient (Wildman–Crippen LogP) is 2.19. The summed E-state index contributed by atoms with van der Waals surface area (Å²) in [6, 6.07) is 0.685. The lowest BCUT2D eigenvalue weighted by Gasteiger charge is -2.14. The van der Waals surface area contributed by atoms with E-state index in [4.69, 9.17) is 4.74 Å². The van der Waals surface area contributed by atoms with Crippen molar-refractivity contribution in [2.45, 2.75) is 45.6 Å². The summed E-state index contributed by atoms with van der Waals surface area (Å²) in [4.78, 5) is 0. The molecule has 1 aliphatic carbocycles. The first-order valence-electron chi connectivity index (χ1n) is 5.68. The molecular weight excluding hydrogens is 162 g/mol. The molecule has 0 radical (unpaired) electrons. The van der Waals surface area contributed by atoms with Gasteiger partial charge in [0.05, 0.1) is 6.61 Å². The summed E-state index contributed by atoms with van der Waals surface area (Å²) in [6.45, 7) is 7.34. The second kappa shape index (κ2) is 6.39. The lowest BCUT2D eigenvalue weighted by molar-refractivity contribution is 0.124. The Kier molecular flexibility index (Phi) is 5.40. The molecule has 0 aliphatic heterocycles. The maximum absolute atomic E-state index is 5.53. The smallest absolute Gasteiger partial charge is 0.0591 e. The first kappa shape index (κ1) is 11.0. The van der Waals surface area contributed by atoms with Crippen LogP contribution in [-0.2, 0) is 4.74 Å². The van der Waals surface area contributed by atoms with Gasteiger partial charge in [0.1, 0.15) is 0 Å². The maximum atomic E-state index is 5.53. The summed E-state index contributed by atoms with van der Waals surface area (Å²) in [5.74, 6) is 0.896. The zero-order valence-electron chi connectivity index (χ0n) is 9.01. The second-order valence-corrected chi connectivity index (χ2v) is 3.99. The van der Waals surface area contributed by atoms with Gasteiger partial charge in [0.15, 0.2) is 0 Å². The minimum absolute atomic E-state index is 0.685. The van der Waals surface area contributed by atoms with E-state index in [1.807, 2.05) is 0 Å². The lowest BCUT2D eigenvalue weighted by atomic mass is 10.2. The van der Waals surface area contributed by atoms with Gasteiger partial charge >= 0.3 is 0 Å². The highest BCUT2D eigenvalue weighted by Crippen LogP contribution is 2.28. The Hall–Kier alpha value is -0.0800. The molecule has 1 saturated carbocycles. The van der Waals surface area contributed by atoms with Crippen LogP contribution in [0.4, 0.5) is 0 Å². The van der Waals surface area contributed by atoms with Crippen LogP contribution in [0.2, 0.25) is 0 Å². The van der Waals surface area contributed by atoms with Gasteiger partial charge in [-0.3, -0.25) is 0 Å². The Labute approximate surface area is 82.0 Å². The van der Waals surface area contributed by atoms with Crippen LogP contribution in [0.5, 0.6) is 0 Å². The summed E-state index contributed by atoms with van der Waals surface area (Å²) < 4.78 is 5.53. The van der Waals surface area contributed by atoms with E-state index in [2.05, 4.69) is 19.2 Å². The van der Waals surface area contributed by atoms with E-state index in [0.29, 0.717) is 6.04 Å². The van der Waals surface area contributed by atoms with Crippen molar-refractivity contribution in [1.29, 1.82) is 0 Å². The number of rotatable bonds is 8. The van der Waals surface area contributed by atoms with Crippen molar-refractivity contribution in [1.82, 2.24) is 5.32 Å². The SMILES string of the molecule is CCC(CC)NCCOCC1CC1. The molecule has 13 heavy (non-hydrogen) atoms. The summed E-state index contributed by atoms with van der Waals surface area (Å²) >= 11 is 0. The maximum Gasteiger partial charge on any atom is 0.0591 e. The van der Waals surface area contributed by atoms with Crippen molar-refractivity contribution in [3.05, 3.63) is 0 Å². The van der Waals surface area contributed by atoms with Crippen LogP contribution >= 0.6 is 0 Å². The molecule has 0 atom stereocenters. The molecule has 0 aromatic carbocycles. The monoisotopic (exact) mass is 185 g/mol. The van der Waals surface area contributed by atoms with Crippen LogP contribution in [0, 0.1) is 5.92 Å². The molecule has 0 aromatic rings. The van der Waals surface area contributed by atoms with Crippen molar-refractivity contribution in [2.24, 2.45) is 5.92 Å². The third-order valence-electron chi connectivity index (χ3n) is 2.72. The Bertz CT molecular complexity index is 119. The number of hydrogen-bond acceptors (Lipinski definition) is 2. The Morgan fingerprint density at radius 1 is 1.31 bits per heavy atom. The van der Waals surface area contributed by atoms with Crippen LogP contribution < -0.4 is 5.32 Å². The molecule has 0 unspecified atom stereocenters. The highest BCUT2D eigenvalue weighted by atomic mass is 16.5. The van der Waals surface area contributed by atoms with Crippen LogP contribution in [0.1, 0.15) is 39.5 Å². The summed E-state index contributed by atoms with van der Waals surface area (Å²) in [7, 11) is 0. The average molecular weight is 185 g/mol. The minimum atomic E-state index is 0.685. The Morgan fingerprint density at radius 2 is 2.00 bits per heavy atom. The molecule has 2 nitrogen and oxygen atoms in total. The van der Waals surface area contributed by atoms with Crippen molar-refractivity contribution in [2.75, 3.05) is 19.8 Å². The molecule has 78 valence electrons. The van der Waals surface area contributed by atoms with E-state index in [1.54, 1.807) is 0 Å². The van der Waals surface area contributed by atoms with Gasteiger partial charge in [0.25, 0.3) is 0 Å². The van der Waals surface area contributed by atoms with Crippen molar-refractivity contribution < 1.29 is 4.74 Å². The van der Waals surface area contributed by atoms with E-state index in [0.717, 1.165) is 25.7 Å². The van der Waals surface area contributed by atoms with Crippen molar-refractivity contribution in [3.63, 3.8) is 0 Å². The molecule has 0 heterocycles. The second-order valence-electron chi connectivity index (χ2n) is 3.99. The molecule has 2 heteroatoms. The quantitative estimate of drug-likeness (QED) is 0.585. The van der Waals surface area contributed by atoms with E-state index in [-0.39, 0.29) is 0 Å². The topological polar surface area (TPSA) is 21.3 Å². The molecule has 1 fully saturated rings. The fourth-order valence-corrected chi connectivity index (χ4v) is 1.45. The first-order valence-corrected chi connectivity index (χ1v) is 5.68. The highest BCUT2D eigenvalue weighted by molar-refractivity contribution is 4.72. The molecule has 1 N–H and O–H groups in total. The molecule has 0 spiro atoms. The molecule has 0 saturated heterocycles. The van der Waals surface area contributed by atoms with E-state index >= 15 is 0 Å². The Balaban J connectivity index is 1.81. The van der Waals surface area contributed by atoms with E-state index < -0.39 is 0 Å². The van der Waals surface area contributed by atoms with E-state index in [9.17, 15) is 0 Å². The van der Waals surface area contributed by atoms with Gasteiger partial charge in [-0.2, -0.15) is 0 Å². The van der Waals surface area contributed by atoms with Gasteiger partial charge in [0, 0.05) is 19.2 Å². The van der Waals surface area contributed by atoms with Gasteiger partial charge in [-0.05, 0) is 31.6 Å². The zero-order chi connectivity index (χ0) is 9.52. The van der Waals surface area contributed by atoms with Crippen LogP contribution in [-0.4, -0.2) is 25.8 Å². The van der Waals surface area contributed by atoms with Gasteiger partial charge < -0.3 is 10.1 Å². The third kappa shape index (κ3) is 5.27. The predicted molar refractivity (Wildman–Crippen MR) is 55.9 cm³/mol. The zero-order valence-corrected chi connectivity index (χ0v) is 9.01. The van der Waals surface area contributed by atoms with Gasteiger partial charge in [-0.25, -0.2) is 0 Å². The lowest BCUT2D eigenvalue weighted by Crippen LogP contribution is -2.30. The normalized spacial score (nSPS) is 16.8. The highest BCUT2D eigenvalue weighted by Gasteiger charge is 2.20. The Morgan fingerprint density at radius 3 is 2.54 bits per heavy atom.